The van der Waals surface area contributed by atoms with Gasteiger partial charge >= 0.3 is 0 Å². The van der Waals surface area contributed by atoms with Crippen molar-refractivity contribution >= 4 is 5.91 Å². The number of nitrogens with zero attached hydrogens (tertiary/aromatic N) is 2. The zero-order chi connectivity index (χ0) is 16.8. The lowest BCUT2D eigenvalue weighted by Gasteiger charge is -2.24. The highest BCUT2D eigenvalue weighted by atomic mass is 16.5. The Bertz CT molecular complexity index is 627. The van der Waals surface area contributed by atoms with Gasteiger partial charge in [-0.3, -0.25) is 4.79 Å². The van der Waals surface area contributed by atoms with E-state index in [0.29, 0.717) is 19.1 Å². The van der Waals surface area contributed by atoms with Crippen LogP contribution in [0.4, 0.5) is 0 Å². The number of nitrogens with one attached hydrogen (secondary N) is 1. The number of carbonyl (C=O) groups excluding carboxylic acids is 1. The first-order chi connectivity index (χ1) is 11.7. The second-order valence-corrected chi connectivity index (χ2v) is 6.47. The van der Waals surface area contributed by atoms with E-state index in [4.69, 9.17) is 4.74 Å². The van der Waals surface area contributed by atoms with E-state index < -0.39 is 0 Å². The van der Waals surface area contributed by atoms with Gasteiger partial charge in [-0.05, 0) is 37.8 Å². The SMILES string of the molecule is C[C@H](CCOc1ccccc1)C(=O)N[C@H]1CCC[C@H]1n1ccnc1. The highest BCUT2D eigenvalue weighted by Crippen LogP contribution is 2.30. The van der Waals surface area contributed by atoms with Crippen LogP contribution in [0.25, 0.3) is 0 Å². The summed E-state index contributed by atoms with van der Waals surface area (Å²) in [5.41, 5.74) is 0. The number of imidazole rings is 1. The zero-order valence-corrected chi connectivity index (χ0v) is 14.1. The van der Waals surface area contributed by atoms with Crippen molar-refractivity contribution in [2.45, 2.75) is 44.7 Å². The molecule has 1 heterocycles. The minimum atomic E-state index is -0.0576. The van der Waals surface area contributed by atoms with Crippen LogP contribution in [-0.4, -0.2) is 28.1 Å². The maximum absolute atomic E-state index is 12.5. The number of aromatic nitrogens is 2. The molecule has 3 rings (SSSR count). The molecular weight excluding hydrogens is 302 g/mol. The van der Waals surface area contributed by atoms with E-state index in [0.717, 1.165) is 25.0 Å². The van der Waals surface area contributed by atoms with Crippen LogP contribution < -0.4 is 10.1 Å². The van der Waals surface area contributed by atoms with Crippen LogP contribution in [0, 0.1) is 5.92 Å². The van der Waals surface area contributed by atoms with Gasteiger partial charge in [-0.15, -0.1) is 0 Å². The number of hydrogen-bond acceptors (Lipinski definition) is 3. The van der Waals surface area contributed by atoms with Gasteiger partial charge in [0, 0.05) is 24.4 Å². The van der Waals surface area contributed by atoms with Crippen molar-refractivity contribution in [1.29, 1.82) is 0 Å². The predicted molar refractivity (Wildman–Crippen MR) is 92.8 cm³/mol. The number of ether oxygens (including phenoxy) is 1. The van der Waals surface area contributed by atoms with Gasteiger partial charge in [0.15, 0.2) is 0 Å². The summed E-state index contributed by atoms with van der Waals surface area (Å²) >= 11 is 0. The van der Waals surface area contributed by atoms with E-state index in [1.54, 1.807) is 6.20 Å². The molecule has 1 fully saturated rings. The van der Waals surface area contributed by atoms with Gasteiger partial charge in [-0.25, -0.2) is 4.98 Å². The van der Waals surface area contributed by atoms with Crippen molar-refractivity contribution in [2.75, 3.05) is 6.61 Å². The van der Waals surface area contributed by atoms with Crippen molar-refractivity contribution in [1.82, 2.24) is 14.9 Å². The summed E-state index contributed by atoms with van der Waals surface area (Å²) in [5, 5.41) is 3.22. The number of hydrogen-bond donors (Lipinski definition) is 1. The first kappa shape index (κ1) is 16.6. The van der Waals surface area contributed by atoms with Crippen LogP contribution in [0.1, 0.15) is 38.6 Å². The van der Waals surface area contributed by atoms with Crippen LogP contribution in [0.3, 0.4) is 0 Å². The molecule has 1 N–H and O–H groups in total. The van der Waals surface area contributed by atoms with Gasteiger partial charge in [0.25, 0.3) is 0 Å². The molecule has 0 unspecified atom stereocenters. The van der Waals surface area contributed by atoms with Crippen molar-refractivity contribution in [3.05, 3.63) is 49.1 Å². The summed E-state index contributed by atoms with van der Waals surface area (Å²) in [6.45, 7) is 2.51. The molecule has 1 aromatic heterocycles. The molecule has 0 saturated heterocycles. The fourth-order valence-electron chi connectivity index (χ4n) is 3.26. The molecule has 1 saturated carbocycles. The number of carbonyl (C=O) groups is 1. The van der Waals surface area contributed by atoms with Crippen LogP contribution in [0.5, 0.6) is 5.75 Å². The Balaban J connectivity index is 1.45. The lowest BCUT2D eigenvalue weighted by molar-refractivity contribution is -0.125. The smallest absolute Gasteiger partial charge is 0.223 e. The summed E-state index contributed by atoms with van der Waals surface area (Å²) in [6.07, 6.45) is 9.58. The molecular formula is C19H25N3O2. The van der Waals surface area contributed by atoms with Crippen molar-refractivity contribution in [3.8, 4) is 5.75 Å². The monoisotopic (exact) mass is 327 g/mol. The van der Waals surface area contributed by atoms with Gasteiger partial charge in [0.2, 0.25) is 5.91 Å². The minimum Gasteiger partial charge on any atom is -0.494 e. The van der Waals surface area contributed by atoms with Crippen molar-refractivity contribution in [3.63, 3.8) is 0 Å². The van der Waals surface area contributed by atoms with Crippen LogP contribution in [0.15, 0.2) is 49.1 Å². The Kier molecular flexibility index (Phi) is 5.51. The molecule has 1 aliphatic carbocycles. The summed E-state index contributed by atoms with van der Waals surface area (Å²) in [7, 11) is 0. The molecule has 1 aromatic carbocycles. The predicted octanol–water partition coefficient (Wildman–Crippen LogP) is 3.20. The largest absolute Gasteiger partial charge is 0.494 e. The molecule has 128 valence electrons. The van der Waals surface area contributed by atoms with Crippen molar-refractivity contribution in [2.24, 2.45) is 5.92 Å². The van der Waals surface area contributed by atoms with Gasteiger partial charge in [0.1, 0.15) is 5.75 Å². The summed E-state index contributed by atoms with van der Waals surface area (Å²) in [5.74, 6) is 0.905. The fourth-order valence-corrected chi connectivity index (χ4v) is 3.26. The molecule has 5 heteroatoms. The van der Waals surface area contributed by atoms with E-state index in [2.05, 4.69) is 14.9 Å². The average molecular weight is 327 g/mol. The number of rotatable bonds is 7. The van der Waals surface area contributed by atoms with E-state index in [-0.39, 0.29) is 17.9 Å². The maximum Gasteiger partial charge on any atom is 0.223 e. The summed E-state index contributed by atoms with van der Waals surface area (Å²) in [6, 6.07) is 10.2. The van der Waals surface area contributed by atoms with Crippen LogP contribution in [-0.2, 0) is 4.79 Å². The molecule has 24 heavy (non-hydrogen) atoms. The van der Waals surface area contributed by atoms with E-state index in [1.165, 1.54) is 0 Å². The molecule has 0 spiro atoms. The molecule has 0 aliphatic heterocycles. The third-order valence-corrected chi connectivity index (χ3v) is 4.73. The standard InChI is InChI=1S/C19H25N3O2/c1-15(10-13-24-16-6-3-2-4-7-16)19(23)21-17-8-5-9-18(17)22-12-11-20-14-22/h2-4,6-7,11-12,14-15,17-18H,5,8-10,13H2,1H3,(H,21,23)/t15-,17+,18-/m1/s1. The van der Waals surface area contributed by atoms with Gasteiger partial charge in [-0.2, -0.15) is 0 Å². The quantitative estimate of drug-likeness (QED) is 0.849. The summed E-state index contributed by atoms with van der Waals surface area (Å²) in [4.78, 5) is 16.6. The Hall–Kier alpha value is -2.30. The molecule has 1 amide bonds. The first-order valence-corrected chi connectivity index (χ1v) is 8.69. The van der Waals surface area contributed by atoms with E-state index in [9.17, 15) is 4.79 Å². The highest BCUT2D eigenvalue weighted by Gasteiger charge is 2.30. The average Bonchev–Trinajstić information content (AvgIpc) is 3.26. The Labute approximate surface area is 143 Å². The fraction of sp³-hybridized carbons (Fsp3) is 0.474. The molecule has 0 radical (unpaired) electrons. The van der Waals surface area contributed by atoms with E-state index in [1.807, 2.05) is 49.8 Å². The lowest BCUT2D eigenvalue weighted by Crippen LogP contribution is -2.41. The minimum absolute atomic E-state index is 0.0576. The van der Waals surface area contributed by atoms with Crippen molar-refractivity contribution < 1.29 is 9.53 Å². The lowest BCUT2D eigenvalue weighted by atomic mass is 10.1. The van der Waals surface area contributed by atoms with E-state index >= 15 is 0 Å². The number of amides is 1. The Morgan fingerprint density at radius 2 is 2.21 bits per heavy atom. The maximum atomic E-state index is 12.5. The molecule has 5 nitrogen and oxygen atoms in total. The molecule has 1 aliphatic rings. The molecule has 0 bridgehead atoms. The van der Waals surface area contributed by atoms with Crippen LogP contribution >= 0.6 is 0 Å². The Morgan fingerprint density at radius 1 is 1.38 bits per heavy atom. The second-order valence-electron chi connectivity index (χ2n) is 6.47. The topological polar surface area (TPSA) is 56.1 Å². The molecule has 2 aromatic rings. The van der Waals surface area contributed by atoms with Gasteiger partial charge in [0.05, 0.1) is 19.0 Å². The summed E-state index contributed by atoms with van der Waals surface area (Å²) < 4.78 is 7.80. The molecule has 3 atom stereocenters. The third kappa shape index (κ3) is 4.16. The highest BCUT2D eigenvalue weighted by molar-refractivity contribution is 5.78. The second kappa shape index (κ2) is 7.99. The van der Waals surface area contributed by atoms with Gasteiger partial charge < -0.3 is 14.6 Å². The first-order valence-electron chi connectivity index (χ1n) is 8.69. The number of benzene rings is 1. The van der Waals surface area contributed by atoms with Crippen LogP contribution in [0.2, 0.25) is 0 Å². The normalized spacial score (nSPS) is 21.4. The Morgan fingerprint density at radius 3 is 2.96 bits per heavy atom. The zero-order valence-electron chi connectivity index (χ0n) is 14.1. The number of para-hydroxylation sites is 1. The van der Waals surface area contributed by atoms with Gasteiger partial charge in [-0.1, -0.05) is 25.1 Å². The third-order valence-electron chi connectivity index (χ3n) is 4.73.